The van der Waals surface area contributed by atoms with Crippen molar-refractivity contribution in [1.82, 2.24) is 15.5 Å². The van der Waals surface area contributed by atoms with Crippen molar-refractivity contribution in [1.29, 1.82) is 0 Å². The minimum absolute atomic E-state index is 0.167. The minimum atomic E-state index is -0.380. The van der Waals surface area contributed by atoms with Crippen LogP contribution in [0.2, 0.25) is 0 Å². The second-order valence-electron chi connectivity index (χ2n) is 6.19. The summed E-state index contributed by atoms with van der Waals surface area (Å²) in [5, 5.41) is 14.4. The standard InChI is InChI=1S/C14H25N3O3/c1-17(8-10-6-12(18)7-10)9-13(19)16-14(20)15-11-4-2-3-5-11/h10-12,18H,2-9H2,1H3,(H2,15,16,19,20). The lowest BCUT2D eigenvalue weighted by Crippen LogP contribution is -2.47. The number of imide groups is 1. The van der Waals surface area contributed by atoms with Crippen LogP contribution in [-0.4, -0.2) is 54.2 Å². The van der Waals surface area contributed by atoms with E-state index in [1.807, 2.05) is 11.9 Å². The van der Waals surface area contributed by atoms with Gasteiger partial charge in [0.2, 0.25) is 5.91 Å². The van der Waals surface area contributed by atoms with Crippen LogP contribution < -0.4 is 10.6 Å². The van der Waals surface area contributed by atoms with Crippen molar-refractivity contribution < 1.29 is 14.7 Å². The lowest BCUT2D eigenvalue weighted by atomic mass is 9.82. The molecule has 2 rings (SSSR count). The second-order valence-corrected chi connectivity index (χ2v) is 6.19. The fraction of sp³-hybridized carbons (Fsp3) is 0.857. The molecule has 3 amide bonds. The highest BCUT2D eigenvalue weighted by Crippen LogP contribution is 2.27. The van der Waals surface area contributed by atoms with Gasteiger partial charge in [-0.1, -0.05) is 12.8 Å². The number of likely N-dealkylation sites (N-methyl/N-ethyl adjacent to an activating group) is 1. The zero-order chi connectivity index (χ0) is 14.5. The van der Waals surface area contributed by atoms with Crippen LogP contribution in [0.5, 0.6) is 0 Å². The molecular formula is C14H25N3O3. The number of rotatable bonds is 5. The van der Waals surface area contributed by atoms with E-state index in [2.05, 4.69) is 10.6 Å². The third-order valence-electron chi connectivity index (χ3n) is 4.14. The van der Waals surface area contributed by atoms with Gasteiger partial charge >= 0.3 is 6.03 Å². The van der Waals surface area contributed by atoms with E-state index < -0.39 is 0 Å². The van der Waals surface area contributed by atoms with Crippen LogP contribution in [0, 0.1) is 5.92 Å². The Morgan fingerprint density at radius 2 is 1.90 bits per heavy atom. The van der Waals surface area contributed by atoms with Gasteiger partial charge in [-0.2, -0.15) is 0 Å². The lowest BCUT2D eigenvalue weighted by Gasteiger charge is -2.34. The maximum atomic E-state index is 11.7. The van der Waals surface area contributed by atoms with Crippen LogP contribution in [0.15, 0.2) is 0 Å². The Hall–Kier alpha value is -1.14. The van der Waals surface area contributed by atoms with Crippen LogP contribution in [0.1, 0.15) is 38.5 Å². The van der Waals surface area contributed by atoms with Crippen molar-refractivity contribution in [2.45, 2.75) is 50.7 Å². The molecule has 0 saturated heterocycles. The molecule has 2 aliphatic rings. The topological polar surface area (TPSA) is 81.7 Å². The minimum Gasteiger partial charge on any atom is -0.393 e. The molecule has 3 N–H and O–H groups in total. The first-order chi connectivity index (χ1) is 9.52. The fourth-order valence-corrected chi connectivity index (χ4v) is 3.06. The van der Waals surface area contributed by atoms with Gasteiger partial charge in [-0.05, 0) is 38.6 Å². The van der Waals surface area contributed by atoms with E-state index in [0.29, 0.717) is 5.92 Å². The number of carbonyl (C=O) groups is 2. The van der Waals surface area contributed by atoms with Crippen molar-refractivity contribution in [2.75, 3.05) is 20.1 Å². The first-order valence-corrected chi connectivity index (χ1v) is 7.50. The van der Waals surface area contributed by atoms with E-state index in [9.17, 15) is 14.7 Å². The molecule has 0 aromatic heterocycles. The van der Waals surface area contributed by atoms with E-state index in [-0.39, 0.29) is 30.6 Å². The molecule has 0 aliphatic heterocycles. The van der Waals surface area contributed by atoms with Gasteiger partial charge in [0.1, 0.15) is 0 Å². The highest BCUT2D eigenvalue weighted by molar-refractivity contribution is 5.95. The molecule has 0 atom stereocenters. The fourth-order valence-electron chi connectivity index (χ4n) is 3.06. The van der Waals surface area contributed by atoms with Gasteiger partial charge in [0.05, 0.1) is 12.6 Å². The Morgan fingerprint density at radius 1 is 1.25 bits per heavy atom. The number of nitrogens with zero attached hydrogens (tertiary/aromatic N) is 1. The van der Waals surface area contributed by atoms with E-state index in [1.165, 1.54) is 0 Å². The summed E-state index contributed by atoms with van der Waals surface area (Å²) in [4.78, 5) is 25.3. The van der Waals surface area contributed by atoms with E-state index in [1.54, 1.807) is 0 Å². The average molecular weight is 283 g/mol. The maximum absolute atomic E-state index is 11.7. The molecule has 0 bridgehead atoms. The monoisotopic (exact) mass is 283 g/mol. The predicted molar refractivity (Wildman–Crippen MR) is 75.2 cm³/mol. The number of hydrogen-bond acceptors (Lipinski definition) is 4. The van der Waals surface area contributed by atoms with Gasteiger partial charge < -0.3 is 10.4 Å². The van der Waals surface area contributed by atoms with Crippen molar-refractivity contribution in [3.05, 3.63) is 0 Å². The van der Waals surface area contributed by atoms with E-state index in [4.69, 9.17) is 0 Å². The Kier molecular flexibility index (Phi) is 5.37. The molecule has 2 saturated carbocycles. The Balaban J connectivity index is 1.59. The van der Waals surface area contributed by atoms with Crippen LogP contribution >= 0.6 is 0 Å². The molecule has 0 radical (unpaired) electrons. The van der Waals surface area contributed by atoms with Crippen LogP contribution in [-0.2, 0) is 4.79 Å². The molecule has 0 spiro atoms. The van der Waals surface area contributed by atoms with Crippen molar-refractivity contribution in [3.8, 4) is 0 Å². The smallest absolute Gasteiger partial charge is 0.321 e. The van der Waals surface area contributed by atoms with Gasteiger partial charge in [0.25, 0.3) is 0 Å². The van der Waals surface area contributed by atoms with Crippen LogP contribution in [0.3, 0.4) is 0 Å². The molecular weight excluding hydrogens is 258 g/mol. The summed E-state index contributed by atoms with van der Waals surface area (Å²) >= 11 is 0. The van der Waals surface area contributed by atoms with Gasteiger partial charge in [0.15, 0.2) is 0 Å². The third-order valence-corrected chi connectivity index (χ3v) is 4.14. The van der Waals surface area contributed by atoms with E-state index >= 15 is 0 Å². The quantitative estimate of drug-likeness (QED) is 0.684. The number of hydrogen-bond donors (Lipinski definition) is 3. The highest BCUT2D eigenvalue weighted by atomic mass is 16.3. The first-order valence-electron chi connectivity index (χ1n) is 7.50. The van der Waals surface area contributed by atoms with E-state index in [0.717, 1.165) is 45.1 Å². The molecule has 0 aromatic rings. The number of amides is 3. The second kappa shape index (κ2) is 7.04. The molecule has 20 heavy (non-hydrogen) atoms. The van der Waals surface area contributed by atoms with Gasteiger partial charge in [-0.15, -0.1) is 0 Å². The molecule has 0 aromatic carbocycles. The highest BCUT2D eigenvalue weighted by Gasteiger charge is 2.28. The van der Waals surface area contributed by atoms with Crippen molar-refractivity contribution in [2.24, 2.45) is 5.92 Å². The van der Waals surface area contributed by atoms with Gasteiger partial charge in [-0.25, -0.2) is 4.79 Å². The SMILES string of the molecule is CN(CC(=O)NC(=O)NC1CCCC1)CC1CC(O)C1. The Labute approximate surface area is 119 Å². The Bertz CT molecular complexity index is 350. The zero-order valence-electron chi connectivity index (χ0n) is 12.1. The zero-order valence-corrected chi connectivity index (χ0v) is 12.1. The summed E-state index contributed by atoms with van der Waals surface area (Å²) < 4.78 is 0. The molecule has 114 valence electrons. The average Bonchev–Trinajstić information content (AvgIpc) is 2.78. The summed E-state index contributed by atoms with van der Waals surface area (Å²) in [5.74, 6) is 0.193. The van der Waals surface area contributed by atoms with Crippen LogP contribution in [0.25, 0.3) is 0 Å². The van der Waals surface area contributed by atoms with Gasteiger partial charge in [0, 0.05) is 12.6 Å². The maximum Gasteiger partial charge on any atom is 0.321 e. The van der Waals surface area contributed by atoms with Crippen molar-refractivity contribution >= 4 is 11.9 Å². The third kappa shape index (κ3) is 4.76. The van der Waals surface area contributed by atoms with Gasteiger partial charge in [-0.3, -0.25) is 15.0 Å². The number of nitrogens with one attached hydrogen (secondary N) is 2. The molecule has 6 nitrogen and oxygen atoms in total. The molecule has 6 heteroatoms. The summed E-state index contributed by atoms with van der Waals surface area (Å²) in [6.45, 7) is 0.999. The summed E-state index contributed by atoms with van der Waals surface area (Å²) in [5.41, 5.74) is 0. The lowest BCUT2D eigenvalue weighted by molar-refractivity contribution is -0.121. The molecule has 2 aliphatic carbocycles. The summed E-state index contributed by atoms with van der Waals surface area (Å²) in [6.07, 6.45) is 5.77. The molecule has 0 heterocycles. The number of aliphatic hydroxyl groups excluding tert-OH is 1. The number of urea groups is 1. The summed E-state index contributed by atoms with van der Waals surface area (Å²) in [6, 6.07) is -0.161. The predicted octanol–water partition coefficient (Wildman–Crippen LogP) is 0.458. The summed E-state index contributed by atoms with van der Waals surface area (Å²) in [7, 11) is 1.86. The largest absolute Gasteiger partial charge is 0.393 e. The van der Waals surface area contributed by atoms with Crippen LogP contribution in [0.4, 0.5) is 4.79 Å². The first kappa shape index (κ1) is 15.3. The number of carbonyl (C=O) groups excluding carboxylic acids is 2. The van der Waals surface area contributed by atoms with Crippen molar-refractivity contribution in [3.63, 3.8) is 0 Å². The molecule has 0 unspecified atom stereocenters. The number of aliphatic hydroxyl groups is 1. The normalized spacial score (nSPS) is 26.4. The Morgan fingerprint density at radius 3 is 2.50 bits per heavy atom. The molecule has 2 fully saturated rings.